The lowest BCUT2D eigenvalue weighted by Crippen LogP contribution is -2.39. The highest BCUT2D eigenvalue weighted by Gasteiger charge is 2.22. The molecule has 1 amide bonds. The van der Waals surface area contributed by atoms with Crippen LogP contribution in [0.25, 0.3) is 0 Å². The minimum atomic E-state index is -0.546. The van der Waals surface area contributed by atoms with Gasteiger partial charge in [0.2, 0.25) is 0 Å². The number of hydrogen-bond donors (Lipinski definition) is 1. The van der Waals surface area contributed by atoms with E-state index in [2.05, 4.69) is 38.2 Å². The Morgan fingerprint density at radius 1 is 1.07 bits per heavy atom. The molecular formula is C24H31NO4. The number of nitrogens with one attached hydrogen (secondary N) is 1. The van der Waals surface area contributed by atoms with Gasteiger partial charge in [-0.3, -0.25) is 4.79 Å². The standard InChI is InChI=1S/C24H31NO4/c1-6-20(29-19-10-8-18(9-11-19)24(3,4)5)23(26)25-16(2)17-7-12-21-22(15-17)28-14-13-27-21/h7-12,15-16,20H,6,13-14H2,1-5H3,(H,25,26)/t16-,20+/m1/s1. The predicted octanol–water partition coefficient (Wildman–Crippen LogP) is 4.79. The van der Waals surface area contributed by atoms with Gasteiger partial charge in [-0.25, -0.2) is 0 Å². The lowest BCUT2D eigenvalue weighted by Gasteiger charge is -2.23. The minimum Gasteiger partial charge on any atom is -0.486 e. The van der Waals surface area contributed by atoms with Gasteiger partial charge in [-0.1, -0.05) is 45.9 Å². The van der Waals surface area contributed by atoms with Crippen molar-refractivity contribution in [2.75, 3.05) is 13.2 Å². The van der Waals surface area contributed by atoms with E-state index in [0.717, 1.165) is 17.1 Å². The molecular weight excluding hydrogens is 366 g/mol. The zero-order chi connectivity index (χ0) is 21.0. The van der Waals surface area contributed by atoms with Gasteiger partial charge in [0.25, 0.3) is 5.91 Å². The first-order chi connectivity index (χ1) is 13.8. The number of benzene rings is 2. The van der Waals surface area contributed by atoms with Gasteiger partial charge in [-0.2, -0.15) is 0 Å². The summed E-state index contributed by atoms with van der Waals surface area (Å²) >= 11 is 0. The van der Waals surface area contributed by atoms with Crippen molar-refractivity contribution in [2.45, 2.75) is 58.6 Å². The van der Waals surface area contributed by atoms with Gasteiger partial charge >= 0.3 is 0 Å². The third-order valence-corrected chi connectivity index (χ3v) is 5.09. The van der Waals surface area contributed by atoms with E-state index in [-0.39, 0.29) is 17.4 Å². The second-order valence-corrected chi connectivity index (χ2v) is 8.42. The molecule has 5 heteroatoms. The van der Waals surface area contributed by atoms with Crippen LogP contribution < -0.4 is 19.5 Å². The molecule has 0 aliphatic carbocycles. The molecule has 29 heavy (non-hydrogen) atoms. The Hall–Kier alpha value is -2.69. The molecule has 2 atom stereocenters. The van der Waals surface area contributed by atoms with Crippen LogP contribution in [0, 0.1) is 0 Å². The number of rotatable bonds is 6. The van der Waals surface area contributed by atoms with Crippen molar-refractivity contribution < 1.29 is 19.0 Å². The normalized spacial score (nSPS) is 15.3. The van der Waals surface area contributed by atoms with Gasteiger partial charge < -0.3 is 19.5 Å². The summed E-state index contributed by atoms with van der Waals surface area (Å²) in [7, 11) is 0. The molecule has 0 bridgehead atoms. The molecule has 2 aromatic carbocycles. The fraction of sp³-hybridized carbons (Fsp3) is 0.458. The van der Waals surface area contributed by atoms with Crippen LogP contribution in [0.4, 0.5) is 0 Å². The highest BCUT2D eigenvalue weighted by atomic mass is 16.6. The van der Waals surface area contributed by atoms with E-state index in [1.54, 1.807) is 0 Å². The van der Waals surface area contributed by atoms with Crippen LogP contribution in [0.2, 0.25) is 0 Å². The van der Waals surface area contributed by atoms with Crippen molar-refractivity contribution in [1.82, 2.24) is 5.32 Å². The van der Waals surface area contributed by atoms with Crippen molar-refractivity contribution in [3.63, 3.8) is 0 Å². The Bertz CT molecular complexity index is 839. The Labute approximate surface area is 173 Å². The maximum atomic E-state index is 12.8. The van der Waals surface area contributed by atoms with E-state index in [1.807, 2.05) is 44.2 Å². The van der Waals surface area contributed by atoms with Gasteiger partial charge in [0.1, 0.15) is 19.0 Å². The molecule has 5 nitrogen and oxygen atoms in total. The largest absolute Gasteiger partial charge is 0.486 e. The van der Waals surface area contributed by atoms with Gasteiger partial charge in [-0.05, 0) is 54.2 Å². The maximum absolute atomic E-state index is 12.8. The summed E-state index contributed by atoms with van der Waals surface area (Å²) in [6.45, 7) is 11.5. The molecule has 156 valence electrons. The van der Waals surface area contributed by atoms with Crippen LogP contribution >= 0.6 is 0 Å². The zero-order valence-electron chi connectivity index (χ0n) is 18.0. The Balaban J connectivity index is 1.63. The summed E-state index contributed by atoms with van der Waals surface area (Å²) in [6.07, 6.45) is 0.0379. The van der Waals surface area contributed by atoms with Gasteiger partial charge in [0, 0.05) is 0 Å². The summed E-state index contributed by atoms with van der Waals surface area (Å²) in [5.74, 6) is 2.03. The highest BCUT2D eigenvalue weighted by Crippen LogP contribution is 2.32. The Morgan fingerprint density at radius 3 is 2.34 bits per heavy atom. The van der Waals surface area contributed by atoms with E-state index >= 15 is 0 Å². The van der Waals surface area contributed by atoms with Crippen molar-refractivity contribution in [2.24, 2.45) is 0 Å². The molecule has 0 unspecified atom stereocenters. The number of carbonyl (C=O) groups is 1. The van der Waals surface area contributed by atoms with Crippen LogP contribution in [0.5, 0.6) is 17.2 Å². The molecule has 0 fully saturated rings. The van der Waals surface area contributed by atoms with Gasteiger partial charge in [0.05, 0.1) is 6.04 Å². The molecule has 0 radical (unpaired) electrons. The summed E-state index contributed by atoms with van der Waals surface area (Å²) in [6, 6.07) is 13.6. The quantitative estimate of drug-likeness (QED) is 0.761. The third-order valence-electron chi connectivity index (χ3n) is 5.09. The third kappa shape index (κ3) is 5.22. The van der Waals surface area contributed by atoms with E-state index in [4.69, 9.17) is 14.2 Å². The summed E-state index contributed by atoms with van der Waals surface area (Å²) in [4.78, 5) is 12.8. The molecule has 0 saturated heterocycles. The van der Waals surface area contributed by atoms with Crippen LogP contribution in [-0.2, 0) is 10.2 Å². The van der Waals surface area contributed by atoms with Gasteiger partial charge in [0.15, 0.2) is 17.6 Å². The number of carbonyl (C=O) groups excluding carboxylic acids is 1. The number of ether oxygens (including phenoxy) is 3. The molecule has 0 spiro atoms. The van der Waals surface area contributed by atoms with Crippen molar-refractivity contribution in [3.8, 4) is 17.2 Å². The molecule has 1 heterocycles. The SMILES string of the molecule is CC[C@H](Oc1ccc(C(C)(C)C)cc1)C(=O)N[C@H](C)c1ccc2c(c1)OCCO2. The molecule has 1 N–H and O–H groups in total. The summed E-state index contributed by atoms with van der Waals surface area (Å²) < 4.78 is 17.2. The topological polar surface area (TPSA) is 56.8 Å². The van der Waals surface area contributed by atoms with Crippen LogP contribution in [0.3, 0.4) is 0 Å². The van der Waals surface area contributed by atoms with Crippen LogP contribution in [-0.4, -0.2) is 25.2 Å². The van der Waals surface area contributed by atoms with Crippen LogP contribution in [0.15, 0.2) is 42.5 Å². The first-order valence-electron chi connectivity index (χ1n) is 10.2. The smallest absolute Gasteiger partial charge is 0.261 e. The summed E-state index contributed by atoms with van der Waals surface area (Å²) in [5, 5.41) is 3.05. The zero-order valence-corrected chi connectivity index (χ0v) is 18.0. The average Bonchev–Trinajstić information content (AvgIpc) is 2.71. The highest BCUT2D eigenvalue weighted by molar-refractivity contribution is 5.81. The molecule has 2 aromatic rings. The maximum Gasteiger partial charge on any atom is 0.261 e. The lowest BCUT2D eigenvalue weighted by molar-refractivity contribution is -0.128. The molecule has 1 aliphatic heterocycles. The molecule has 0 saturated carbocycles. The number of fused-ring (bicyclic) bond motifs is 1. The fourth-order valence-electron chi connectivity index (χ4n) is 3.24. The second kappa shape index (κ2) is 8.76. The number of amides is 1. The monoisotopic (exact) mass is 397 g/mol. The molecule has 3 rings (SSSR count). The van der Waals surface area contributed by atoms with E-state index < -0.39 is 6.10 Å². The Morgan fingerprint density at radius 2 is 1.72 bits per heavy atom. The Kier molecular flexibility index (Phi) is 6.36. The van der Waals surface area contributed by atoms with E-state index in [0.29, 0.717) is 25.4 Å². The van der Waals surface area contributed by atoms with Crippen molar-refractivity contribution in [3.05, 3.63) is 53.6 Å². The first-order valence-corrected chi connectivity index (χ1v) is 10.2. The molecule has 0 aromatic heterocycles. The van der Waals surface area contributed by atoms with Gasteiger partial charge in [-0.15, -0.1) is 0 Å². The number of hydrogen-bond acceptors (Lipinski definition) is 4. The van der Waals surface area contributed by atoms with Crippen molar-refractivity contribution in [1.29, 1.82) is 0 Å². The van der Waals surface area contributed by atoms with Crippen molar-refractivity contribution >= 4 is 5.91 Å². The van der Waals surface area contributed by atoms with E-state index in [1.165, 1.54) is 5.56 Å². The minimum absolute atomic E-state index is 0.0825. The lowest BCUT2D eigenvalue weighted by atomic mass is 9.87. The average molecular weight is 398 g/mol. The second-order valence-electron chi connectivity index (χ2n) is 8.42. The van der Waals surface area contributed by atoms with Crippen LogP contribution in [0.1, 0.15) is 58.2 Å². The predicted molar refractivity (Wildman–Crippen MR) is 114 cm³/mol. The first kappa shape index (κ1) is 21.0. The summed E-state index contributed by atoms with van der Waals surface area (Å²) in [5.41, 5.74) is 2.28. The van der Waals surface area contributed by atoms with E-state index in [9.17, 15) is 4.79 Å². The fourth-order valence-corrected chi connectivity index (χ4v) is 3.24. The molecule has 1 aliphatic rings.